The van der Waals surface area contributed by atoms with E-state index in [0.29, 0.717) is 0 Å². The van der Waals surface area contributed by atoms with Gasteiger partial charge in [-0.25, -0.2) is 4.98 Å². The Hall–Kier alpha value is -1.05. The topological polar surface area (TPSA) is 24.9 Å². The second-order valence-electron chi connectivity index (χ2n) is 4.41. The molecule has 1 aromatic heterocycles. The van der Waals surface area contributed by atoms with E-state index in [1.807, 2.05) is 12.3 Å². The molecule has 1 heterocycles. The zero-order valence-corrected chi connectivity index (χ0v) is 8.96. The van der Waals surface area contributed by atoms with Gasteiger partial charge >= 0.3 is 0 Å². The molecule has 0 saturated heterocycles. The monoisotopic (exact) mass is 190 g/mol. The Morgan fingerprint density at radius 3 is 2.93 bits per heavy atom. The van der Waals surface area contributed by atoms with E-state index in [4.69, 9.17) is 0 Å². The molecule has 0 aromatic carbocycles. The highest BCUT2D eigenvalue weighted by Crippen LogP contribution is 2.33. The minimum Gasteiger partial charge on any atom is -0.370 e. The van der Waals surface area contributed by atoms with Gasteiger partial charge in [-0.2, -0.15) is 0 Å². The molecule has 2 atom stereocenters. The fourth-order valence-corrected chi connectivity index (χ4v) is 1.91. The number of rotatable bonds is 3. The summed E-state index contributed by atoms with van der Waals surface area (Å²) in [5.41, 5.74) is 1.27. The van der Waals surface area contributed by atoms with Crippen molar-refractivity contribution in [2.45, 2.75) is 26.7 Å². The van der Waals surface area contributed by atoms with Crippen LogP contribution in [-0.2, 0) is 0 Å². The molecule has 1 saturated carbocycles. The molecule has 0 aliphatic heterocycles. The molecular weight excluding hydrogens is 172 g/mol. The predicted molar refractivity (Wildman–Crippen MR) is 59.4 cm³/mol. The van der Waals surface area contributed by atoms with E-state index in [-0.39, 0.29) is 0 Å². The zero-order chi connectivity index (χ0) is 9.97. The molecule has 1 aliphatic rings. The van der Waals surface area contributed by atoms with E-state index in [0.717, 1.165) is 24.2 Å². The van der Waals surface area contributed by atoms with Gasteiger partial charge in [-0.1, -0.05) is 13.3 Å². The molecule has 0 unspecified atom stereocenters. The second kappa shape index (κ2) is 3.99. The van der Waals surface area contributed by atoms with Crippen molar-refractivity contribution >= 4 is 5.82 Å². The minimum atomic E-state index is 0.859. The van der Waals surface area contributed by atoms with Crippen LogP contribution >= 0.6 is 0 Å². The summed E-state index contributed by atoms with van der Waals surface area (Å²) in [7, 11) is 0. The number of nitrogens with one attached hydrogen (secondary N) is 1. The molecule has 14 heavy (non-hydrogen) atoms. The number of aromatic nitrogens is 1. The van der Waals surface area contributed by atoms with E-state index < -0.39 is 0 Å². The van der Waals surface area contributed by atoms with Crippen molar-refractivity contribution < 1.29 is 0 Å². The Bertz CT molecular complexity index is 309. The van der Waals surface area contributed by atoms with Crippen LogP contribution in [0.4, 0.5) is 5.82 Å². The summed E-state index contributed by atoms with van der Waals surface area (Å²) in [5.74, 6) is 2.77. The Morgan fingerprint density at radius 1 is 1.50 bits per heavy atom. The minimum absolute atomic E-state index is 0.859. The van der Waals surface area contributed by atoms with Gasteiger partial charge in [0.25, 0.3) is 0 Å². The third-order valence-electron chi connectivity index (χ3n) is 3.26. The summed E-state index contributed by atoms with van der Waals surface area (Å²) in [6.45, 7) is 5.51. The first kappa shape index (κ1) is 9.50. The Labute approximate surface area is 85.7 Å². The lowest BCUT2D eigenvalue weighted by molar-refractivity contribution is 0.210. The molecule has 2 rings (SSSR count). The summed E-state index contributed by atoms with van der Waals surface area (Å²) in [5, 5.41) is 3.41. The van der Waals surface area contributed by atoms with Crippen molar-refractivity contribution in [3.05, 3.63) is 23.9 Å². The molecule has 0 bridgehead atoms. The summed E-state index contributed by atoms with van der Waals surface area (Å²) in [6, 6.07) is 4.13. The first-order chi connectivity index (χ1) is 6.75. The van der Waals surface area contributed by atoms with Crippen LogP contribution in [0.3, 0.4) is 0 Å². The van der Waals surface area contributed by atoms with Crippen LogP contribution in [0.25, 0.3) is 0 Å². The van der Waals surface area contributed by atoms with Gasteiger partial charge in [0.1, 0.15) is 5.82 Å². The summed E-state index contributed by atoms with van der Waals surface area (Å²) < 4.78 is 0. The van der Waals surface area contributed by atoms with E-state index >= 15 is 0 Å². The van der Waals surface area contributed by atoms with Gasteiger partial charge in [-0.3, -0.25) is 0 Å². The maximum Gasteiger partial charge on any atom is 0.126 e. The van der Waals surface area contributed by atoms with Gasteiger partial charge in [0, 0.05) is 12.7 Å². The van der Waals surface area contributed by atoms with E-state index in [1.165, 1.54) is 18.4 Å². The molecule has 1 aliphatic carbocycles. The molecule has 1 N–H and O–H groups in total. The van der Waals surface area contributed by atoms with Crippen molar-refractivity contribution in [3.63, 3.8) is 0 Å². The maximum atomic E-state index is 4.28. The summed E-state index contributed by atoms with van der Waals surface area (Å²) in [6.07, 6.45) is 4.63. The lowest BCUT2D eigenvalue weighted by atomic mass is 9.75. The van der Waals surface area contributed by atoms with Crippen molar-refractivity contribution in [1.82, 2.24) is 4.98 Å². The van der Waals surface area contributed by atoms with Crippen LogP contribution in [0, 0.1) is 18.8 Å². The predicted octanol–water partition coefficient (Wildman–Crippen LogP) is 2.85. The lowest BCUT2D eigenvalue weighted by Gasteiger charge is -2.34. The molecule has 76 valence electrons. The van der Waals surface area contributed by atoms with E-state index in [2.05, 4.69) is 30.2 Å². The normalized spacial score (nSPS) is 25.6. The second-order valence-corrected chi connectivity index (χ2v) is 4.41. The van der Waals surface area contributed by atoms with Crippen LogP contribution < -0.4 is 5.32 Å². The quantitative estimate of drug-likeness (QED) is 0.792. The van der Waals surface area contributed by atoms with Crippen molar-refractivity contribution in [2.75, 3.05) is 11.9 Å². The highest BCUT2D eigenvalue weighted by molar-refractivity contribution is 5.36. The number of aryl methyl sites for hydroxylation is 1. The molecular formula is C12H18N2. The fraction of sp³-hybridized carbons (Fsp3) is 0.583. The van der Waals surface area contributed by atoms with Crippen molar-refractivity contribution in [2.24, 2.45) is 11.8 Å². The standard InChI is InChI=1S/C12H18N2/c1-9-5-6-13-12(7-9)14-8-11-4-3-10(11)2/h5-7,10-11H,3-4,8H2,1-2H3,(H,13,14)/t10-,11+/m0/s1. The van der Waals surface area contributed by atoms with E-state index in [1.54, 1.807) is 0 Å². The largest absolute Gasteiger partial charge is 0.370 e. The van der Waals surface area contributed by atoms with Crippen LogP contribution in [0.5, 0.6) is 0 Å². The SMILES string of the molecule is Cc1ccnc(NC[C@H]2CC[C@@H]2C)c1. The molecule has 1 aromatic rings. The molecule has 2 nitrogen and oxygen atoms in total. The van der Waals surface area contributed by atoms with Gasteiger partial charge < -0.3 is 5.32 Å². The first-order valence-corrected chi connectivity index (χ1v) is 5.42. The number of nitrogens with zero attached hydrogens (tertiary/aromatic N) is 1. The van der Waals surface area contributed by atoms with Crippen LogP contribution in [-0.4, -0.2) is 11.5 Å². The Morgan fingerprint density at radius 2 is 2.36 bits per heavy atom. The van der Waals surface area contributed by atoms with E-state index in [9.17, 15) is 0 Å². The smallest absolute Gasteiger partial charge is 0.126 e. The molecule has 0 amide bonds. The molecule has 0 radical (unpaired) electrons. The average Bonchev–Trinajstić information content (AvgIpc) is 2.16. The average molecular weight is 190 g/mol. The Balaban J connectivity index is 1.85. The van der Waals surface area contributed by atoms with Crippen LogP contribution in [0.15, 0.2) is 18.3 Å². The highest BCUT2D eigenvalue weighted by Gasteiger charge is 2.25. The zero-order valence-electron chi connectivity index (χ0n) is 8.96. The molecule has 2 heteroatoms. The van der Waals surface area contributed by atoms with Gasteiger partial charge in [0.05, 0.1) is 0 Å². The summed E-state index contributed by atoms with van der Waals surface area (Å²) >= 11 is 0. The van der Waals surface area contributed by atoms with Crippen molar-refractivity contribution in [1.29, 1.82) is 0 Å². The van der Waals surface area contributed by atoms with Crippen LogP contribution in [0.1, 0.15) is 25.3 Å². The maximum absolute atomic E-state index is 4.28. The first-order valence-electron chi connectivity index (χ1n) is 5.42. The Kier molecular flexibility index (Phi) is 2.71. The lowest BCUT2D eigenvalue weighted by Crippen LogP contribution is -2.29. The third-order valence-corrected chi connectivity index (χ3v) is 3.26. The molecule has 1 fully saturated rings. The van der Waals surface area contributed by atoms with Crippen molar-refractivity contribution in [3.8, 4) is 0 Å². The number of hydrogen-bond acceptors (Lipinski definition) is 2. The number of anilines is 1. The third kappa shape index (κ3) is 2.06. The highest BCUT2D eigenvalue weighted by atomic mass is 15.0. The number of hydrogen-bond donors (Lipinski definition) is 1. The van der Waals surface area contributed by atoms with Gasteiger partial charge in [-0.05, 0) is 42.9 Å². The van der Waals surface area contributed by atoms with Gasteiger partial charge in [-0.15, -0.1) is 0 Å². The molecule has 0 spiro atoms. The van der Waals surface area contributed by atoms with Gasteiger partial charge in [0.2, 0.25) is 0 Å². The fourth-order valence-electron chi connectivity index (χ4n) is 1.91. The summed E-state index contributed by atoms with van der Waals surface area (Å²) in [4.78, 5) is 4.28. The van der Waals surface area contributed by atoms with Gasteiger partial charge in [0.15, 0.2) is 0 Å². The van der Waals surface area contributed by atoms with Crippen LogP contribution in [0.2, 0.25) is 0 Å². The number of pyridine rings is 1.